The molecule has 0 unspecified atom stereocenters. The van der Waals surface area contributed by atoms with Crippen LogP contribution in [0.5, 0.6) is 11.6 Å². The molecule has 3 rings (SSSR count). The molecule has 0 aliphatic carbocycles. The molecule has 2 aromatic rings. The van der Waals surface area contributed by atoms with E-state index in [-0.39, 0.29) is 12.5 Å². The highest BCUT2D eigenvalue weighted by atomic mass is 16.5. The number of hydrogen-bond acceptors (Lipinski definition) is 6. The van der Waals surface area contributed by atoms with Crippen LogP contribution in [0.25, 0.3) is 0 Å². The smallest absolute Gasteiger partial charge is 0.238 e. The van der Waals surface area contributed by atoms with E-state index in [2.05, 4.69) is 20.2 Å². The Morgan fingerprint density at radius 3 is 2.88 bits per heavy atom. The molecule has 1 atom stereocenters. The number of aromatic nitrogens is 2. The highest BCUT2D eigenvalue weighted by molar-refractivity contribution is 5.88. The number of aliphatic hydroxyl groups excluding tert-OH is 1. The Balaban J connectivity index is 1.66. The van der Waals surface area contributed by atoms with Gasteiger partial charge in [-0.15, -0.1) is 0 Å². The van der Waals surface area contributed by atoms with Gasteiger partial charge in [-0.1, -0.05) is 0 Å². The van der Waals surface area contributed by atoms with E-state index in [9.17, 15) is 4.79 Å². The molecule has 1 amide bonds. The number of carbonyl (C=O) groups excluding carboxylic acids is 1. The Hall–Kier alpha value is -2.51. The monoisotopic (exact) mass is 356 g/mol. The third-order valence-corrected chi connectivity index (χ3v) is 4.37. The molecular weight excluding hydrogens is 332 g/mol. The van der Waals surface area contributed by atoms with Crippen LogP contribution in [-0.4, -0.2) is 52.1 Å². The molecule has 1 aromatic carbocycles. The summed E-state index contributed by atoms with van der Waals surface area (Å²) in [4.78, 5) is 22.2. The topological polar surface area (TPSA) is 87.6 Å². The van der Waals surface area contributed by atoms with Gasteiger partial charge in [-0.05, 0) is 43.7 Å². The van der Waals surface area contributed by atoms with Crippen molar-refractivity contribution < 1.29 is 14.6 Å². The molecule has 0 radical (unpaired) electrons. The third-order valence-electron chi connectivity index (χ3n) is 4.37. The van der Waals surface area contributed by atoms with Crippen molar-refractivity contribution in [2.75, 3.05) is 31.6 Å². The molecule has 1 aliphatic rings. The number of hydrogen-bond donors (Lipinski definition) is 2. The van der Waals surface area contributed by atoms with Crippen LogP contribution in [0.1, 0.15) is 31.4 Å². The largest absolute Gasteiger partial charge is 0.437 e. The van der Waals surface area contributed by atoms with Crippen molar-refractivity contribution in [3.63, 3.8) is 0 Å². The number of rotatable bonds is 6. The normalized spacial score (nSPS) is 17.7. The third kappa shape index (κ3) is 5.00. The SMILES string of the molecule is CC(=O)Nc1ccc(Oc2cncc([C@H]3CCCN(CCO)C3)n2)cc1. The van der Waals surface area contributed by atoms with Gasteiger partial charge < -0.3 is 20.1 Å². The van der Waals surface area contributed by atoms with Crippen LogP contribution in [0.3, 0.4) is 0 Å². The first-order valence-corrected chi connectivity index (χ1v) is 8.84. The van der Waals surface area contributed by atoms with Gasteiger partial charge in [-0.25, -0.2) is 4.98 Å². The van der Waals surface area contributed by atoms with Crippen molar-refractivity contribution >= 4 is 11.6 Å². The summed E-state index contributed by atoms with van der Waals surface area (Å²) in [6.45, 7) is 4.24. The summed E-state index contributed by atoms with van der Waals surface area (Å²) in [5, 5.41) is 11.9. The van der Waals surface area contributed by atoms with Gasteiger partial charge in [0.15, 0.2) is 0 Å². The van der Waals surface area contributed by atoms with Crippen LogP contribution in [0.15, 0.2) is 36.7 Å². The Morgan fingerprint density at radius 1 is 1.35 bits per heavy atom. The minimum atomic E-state index is -0.111. The number of benzene rings is 1. The van der Waals surface area contributed by atoms with Gasteiger partial charge in [-0.2, -0.15) is 0 Å². The van der Waals surface area contributed by atoms with Crippen molar-refractivity contribution in [3.05, 3.63) is 42.4 Å². The van der Waals surface area contributed by atoms with Gasteiger partial charge in [0, 0.05) is 37.8 Å². The van der Waals surface area contributed by atoms with Crippen molar-refractivity contribution in [1.29, 1.82) is 0 Å². The fraction of sp³-hybridized carbons (Fsp3) is 0.421. The van der Waals surface area contributed by atoms with Gasteiger partial charge in [0.05, 0.1) is 18.5 Å². The highest BCUT2D eigenvalue weighted by Crippen LogP contribution is 2.27. The molecule has 1 saturated heterocycles. The summed E-state index contributed by atoms with van der Waals surface area (Å²) in [7, 11) is 0. The number of β-amino-alcohol motifs (C(OH)–C–C–N with tert-alkyl or cyclic N) is 1. The molecule has 7 heteroatoms. The molecule has 0 saturated carbocycles. The number of piperidine rings is 1. The van der Waals surface area contributed by atoms with Gasteiger partial charge in [0.2, 0.25) is 11.8 Å². The second-order valence-corrected chi connectivity index (χ2v) is 6.45. The summed E-state index contributed by atoms with van der Waals surface area (Å²) in [6.07, 6.45) is 5.53. The lowest BCUT2D eigenvalue weighted by Gasteiger charge is -2.31. The maximum Gasteiger partial charge on any atom is 0.238 e. The van der Waals surface area contributed by atoms with E-state index in [4.69, 9.17) is 9.84 Å². The van der Waals surface area contributed by atoms with Crippen LogP contribution in [-0.2, 0) is 4.79 Å². The van der Waals surface area contributed by atoms with Crippen molar-refractivity contribution in [1.82, 2.24) is 14.9 Å². The molecule has 138 valence electrons. The maximum absolute atomic E-state index is 11.1. The van der Waals surface area contributed by atoms with Gasteiger partial charge in [0.25, 0.3) is 0 Å². The average molecular weight is 356 g/mol. The first kappa shape index (κ1) is 18.3. The van der Waals surface area contributed by atoms with E-state index in [1.807, 2.05) is 0 Å². The molecular formula is C19H24N4O3. The van der Waals surface area contributed by atoms with Crippen molar-refractivity contribution in [2.45, 2.75) is 25.7 Å². The summed E-state index contributed by atoms with van der Waals surface area (Å²) in [5.41, 5.74) is 1.64. The summed E-state index contributed by atoms with van der Waals surface area (Å²) in [5.74, 6) is 1.28. The lowest BCUT2D eigenvalue weighted by molar-refractivity contribution is -0.114. The number of ether oxygens (including phenoxy) is 1. The Kier molecular flexibility index (Phi) is 6.14. The van der Waals surface area contributed by atoms with E-state index in [0.717, 1.165) is 37.3 Å². The fourth-order valence-corrected chi connectivity index (χ4v) is 3.18. The van der Waals surface area contributed by atoms with Gasteiger partial charge in [0.1, 0.15) is 5.75 Å². The first-order valence-electron chi connectivity index (χ1n) is 8.84. The van der Waals surface area contributed by atoms with Crippen molar-refractivity contribution in [3.8, 4) is 11.6 Å². The minimum Gasteiger partial charge on any atom is -0.437 e. The molecule has 1 aromatic heterocycles. The number of amides is 1. The zero-order valence-electron chi connectivity index (χ0n) is 14.9. The quantitative estimate of drug-likeness (QED) is 0.826. The summed E-state index contributed by atoms with van der Waals surface area (Å²) >= 11 is 0. The van der Waals surface area contributed by atoms with E-state index in [1.54, 1.807) is 36.7 Å². The number of nitrogens with zero attached hydrogens (tertiary/aromatic N) is 3. The van der Waals surface area contributed by atoms with Crippen LogP contribution in [0, 0.1) is 0 Å². The summed E-state index contributed by atoms with van der Waals surface area (Å²) < 4.78 is 5.80. The predicted octanol–water partition coefficient (Wildman–Crippen LogP) is 2.40. The zero-order valence-corrected chi connectivity index (χ0v) is 14.9. The molecule has 2 heterocycles. The van der Waals surface area contributed by atoms with E-state index in [1.165, 1.54) is 6.92 Å². The molecule has 7 nitrogen and oxygen atoms in total. The van der Waals surface area contributed by atoms with E-state index < -0.39 is 0 Å². The lowest BCUT2D eigenvalue weighted by Crippen LogP contribution is -2.36. The average Bonchev–Trinajstić information content (AvgIpc) is 2.64. The summed E-state index contributed by atoms with van der Waals surface area (Å²) in [6, 6.07) is 7.12. The molecule has 0 spiro atoms. The second kappa shape index (κ2) is 8.73. The Labute approximate surface area is 153 Å². The second-order valence-electron chi connectivity index (χ2n) is 6.45. The molecule has 0 bridgehead atoms. The lowest BCUT2D eigenvalue weighted by atomic mass is 9.95. The molecule has 2 N–H and O–H groups in total. The van der Waals surface area contributed by atoms with Gasteiger partial charge >= 0.3 is 0 Å². The number of aliphatic hydroxyl groups is 1. The predicted molar refractivity (Wildman–Crippen MR) is 98.4 cm³/mol. The maximum atomic E-state index is 11.1. The van der Waals surface area contributed by atoms with Crippen LogP contribution in [0.4, 0.5) is 5.69 Å². The number of carbonyl (C=O) groups is 1. The van der Waals surface area contributed by atoms with E-state index >= 15 is 0 Å². The van der Waals surface area contributed by atoms with E-state index in [0.29, 0.717) is 24.1 Å². The first-order chi connectivity index (χ1) is 12.6. The van der Waals surface area contributed by atoms with Crippen molar-refractivity contribution in [2.24, 2.45) is 0 Å². The fourth-order valence-electron chi connectivity index (χ4n) is 3.18. The van der Waals surface area contributed by atoms with Crippen LogP contribution >= 0.6 is 0 Å². The number of likely N-dealkylation sites (tertiary alicyclic amines) is 1. The number of anilines is 1. The number of nitrogens with one attached hydrogen (secondary N) is 1. The van der Waals surface area contributed by atoms with Gasteiger partial charge in [-0.3, -0.25) is 9.78 Å². The minimum absolute atomic E-state index is 0.111. The van der Waals surface area contributed by atoms with Crippen LogP contribution < -0.4 is 10.1 Å². The molecule has 1 fully saturated rings. The zero-order chi connectivity index (χ0) is 18.4. The Bertz CT molecular complexity index is 734. The standard InChI is InChI=1S/C19H24N4O3/c1-14(25)21-16-4-6-17(7-5-16)26-19-12-20-11-18(22-19)15-3-2-8-23(13-15)9-10-24/h4-7,11-12,15,24H,2-3,8-10,13H2,1H3,(H,21,25)/t15-/m0/s1. The molecule has 1 aliphatic heterocycles. The molecule has 26 heavy (non-hydrogen) atoms. The van der Waals surface area contributed by atoms with Crippen LogP contribution in [0.2, 0.25) is 0 Å². The Morgan fingerprint density at radius 2 is 2.15 bits per heavy atom. The highest BCUT2D eigenvalue weighted by Gasteiger charge is 2.22.